The summed E-state index contributed by atoms with van der Waals surface area (Å²) in [7, 11) is 0. The zero-order chi connectivity index (χ0) is 21.1. The first-order valence-corrected chi connectivity index (χ1v) is 10.2. The lowest BCUT2D eigenvalue weighted by Gasteiger charge is -2.36. The average Bonchev–Trinajstić information content (AvgIpc) is 2.77. The number of aliphatic hydroxyl groups excluding tert-OH is 1. The van der Waals surface area contributed by atoms with Crippen LogP contribution in [0.1, 0.15) is 11.1 Å². The van der Waals surface area contributed by atoms with Crippen LogP contribution in [-0.4, -0.2) is 60.4 Å². The minimum absolute atomic E-state index is 0.182. The van der Waals surface area contributed by atoms with Gasteiger partial charge < -0.3 is 19.2 Å². The molecule has 1 N–H and O–H groups in total. The first-order chi connectivity index (χ1) is 14.5. The maximum absolute atomic E-state index is 11.9. The van der Waals surface area contributed by atoms with Gasteiger partial charge in [0, 0.05) is 55.9 Å². The number of aliphatic hydroxyl groups is 1. The van der Waals surface area contributed by atoms with Crippen molar-refractivity contribution in [1.82, 2.24) is 9.88 Å². The fourth-order valence-electron chi connectivity index (χ4n) is 3.76. The molecule has 3 heterocycles. The topological polar surface area (TPSA) is 79.0 Å². The standard InChI is InChI=1S/C23H27N3O4/c1-16-17(2)23(28)30-21-13-19(6-7-20(16)21)29-15-18(27)14-25-9-11-26(12-10-25)22-5-3-4-8-24-22/h3-8,13,18,27H,9-12,14-15H2,1-2H3. The lowest BCUT2D eigenvalue weighted by molar-refractivity contribution is 0.0663. The molecule has 7 nitrogen and oxygen atoms in total. The largest absolute Gasteiger partial charge is 0.491 e. The van der Waals surface area contributed by atoms with Crippen molar-refractivity contribution in [2.45, 2.75) is 20.0 Å². The van der Waals surface area contributed by atoms with E-state index in [-0.39, 0.29) is 12.2 Å². The number of fused-ring (bicyclic) bond motifs is 1. The zero-order valence-corrected chi connectivity index (χ0v) is 17.4. The molecule has 1 saturated heterocycles. The molecule has 0 spiro atoms. The Bertz CT molecular complexity index is 1060. The Balaban J connectivity index is 1.29. The van der Waals surface area contributed by atoms with Gasteiger partial charge in [-0.2, -0.15) is 0 Å². The predicted octanol–water partition coefficient (Wildman–Crippen LogP) is 2.37. The molecule has 30 heavy (non-hydrogen) atoms. The van der Waals surface area contributed by atoms with Crippen LogP contribution in [0.25, 0.3) is 11.0 Å². The summed E-state index contributed by atoms with van der Waals surface area (Å²) in [6.07, 6.45) is 1.21. The molecule has 0 amide bonds. The molecule has 0 bridgehead atoms. The van der Waals surface area contributed by atoms with Crippen LogP contribution in [0.4, 0.5) is 5.82 Å². The van der Waals surface area contributed by atoms with Crippen LogP contribution < -0.4 is 15.3 Å². The summed E-state index contributed by atoms with van der Waals surface area (Å²) in [6.45, 7) is 7.91. The number of pyridine rings is 1. The minimum Gasteiger partial charge on any atom is -0.491 e. The van der Waals surface area contributed by atoms with Gasteiger partial charge in [-0.1, -0.05) is 6.07 Å². The third kappa shape index (κ3) is 4.47. The second-order valence-corrected chi connectivity index (χ2v) is 7.74. The molecule has 0 aliphatic carbocycles. The third-order valence-corrected chi connectivity index (χ3v) is 5.69. The van der Waals surface area contributed by atoms with E-state index in [2.05, 4.69) is 14.8 Å². The van der Waals surface area contributed by atoms with Crippen molar-refractivity contribution in [1.29, 1.82) is 0 Å². The van der Waals surface area contributed by atoms with E-state index in [4.69, 9.17) is 9.15 Å². The van der Waals surface area contributed by atoms with Crippen molar-refractivity contribution in [2.24, 2.45) is 0 Å². The van der Waals surface area contributed by atoms with E-state index in [1.807, 2.05) is 43.5 Å². The molecular weight excluding hydrogens is 382 g/mol. The molecule has 0 radical (unpaired) electrons. The van der Waals surface area contributed by atoms with Gasteiger partial charge in [0.1, 0.15) is 29.9 Å². The molecule has 0 saturated carbocycles. The van der Waals surface area contributed by atoms with Gasteiger partial charge in [-0.25, -0.2) is 9.78 Å². The Kier molecular flexibility index (Phi) is 6.01. The summed E-state index contributed by atoms with van der Waals surface area (Å²) in [6, 6.07) is 11.4. The lowest BCUT2D eigenvalue weighted by atomic mass is 10.1. The number of hydrogen-bond donors (Lipinski definition) is 1. The normalized spacial score (nSPS) is 16.0. The van der Waals surface area contributed by atoms with Gasteiger partial charge in [0.05, 0.1) is 0 Å². The number of nitrogens with zero attached hydrogens (tertiary/aromatic N) is 3. The molecule has 4 rings (SSSR count). The van der Waals surface area contributed by atoms with E-state index in [0.717, 1.165) is 42.9 Å². The van der Waals surface area contributed by atoms with Gasteiger partial charge in [0.15, 0.2) is 0 Å². The Morgan fingerprint density at radius 3 is 2.67 bits per heavy atom. The molecule has 3 aromatic rings. The van der Waals surface area contributed by atoms with Crippen molar-refractivity contribution >= 4 is 16.8 Å². The van der Waals surface area contributed by atoms with E-state index >= 15 is 0 Å². The van der Waals surface area contributed by atoms with Crippen LogP contribution in [0.5, 0.6) is 5.75 Å². The van der Waals surface area contributed by atoms with E-state index in [1.165, 1.54) is 0 Å². The van der Waals surface area contributed by atoms with Gasteiger partial charge in [0.25, 0.3) is 0 Å². The molecule has 1 aromatic carbocycles. The molecule has 158 valence electrons. The van der Waals surface area contributed by atoms with Gasteiger partial charge >= 0.3 is 5.63 Å². The molecule has 1 fully saturated rings. The van der Waals surface area contributed by atoms with Gasteiger partial charge in [-0.15, -0.1) is 0 Å². The smallest absolute Gasteiger partial charge is 0.339 e. The average molecular weight is 409 g/mol. The van der Waals surface area contributed by atoms with Gasteiger partial charge in [0.2, 0.25) is 0 Å². The van der Waals surface area contributed by atoms with E-state index in [0.29, 0.717) is 23.4 Å². The molecule has 2 aromatic heterocycles. The molecule has 1 unspecified atom stereocenters. The number of anilines is 1. The van der Waals surface area contributed by atoms with Crippen LogP contribution in [-0.2, 0) is 0 Å². The Morgan fingerprint density at radius 1 is 1.13 bits per heavy atom. The van der Waals surface area contributed by atoms with Crippen molar-refractivity contribution < 1.29 is 14.3 Å². The number of piperazine rings is 1. The highest BCUT2D eigenvalue weighted by Crippen LogP contribution is 2.24. The number of rotatable bonds is 6. The highest BCUT2D eigenvalue weighted by atomic mass is 16.5. The molecule has 1 atom stereocenters. The fourth-order valence-corrected chi connectivity index (χ4v) is 3.76. The van der Waals surface area contributed by atoms with Crippen LogP contribution in [0.3, 0.4) is 0 Å². The summed E-state index contributed by atoms with van der Waals surface area (Å²) in [4.78, 5) is 20.8. The third-order valence-electron chi connectivity index (χ3n) is 5.69. The van der Waals surface area contributed by atoms with Crippen molar-refractivity contribution in [2.75, 3.05) is 44.2 Å². The Hall–Kier alpha value is -2.90. The summed E-state index contributed by atoms with van der Waals surface area (Å²) in [5.74, 6) is 1.57. The Morgan fingerprint density at radius 2 is 1.93 bits per heavy atom. The molecule has 7 heteroatoms. The molecule has 1 aliphatic rings. The fraction of sp³-hybridized carbons (Fsp3) is 0.391. The number of aryl methyl sites for hydroxylation is 1. The van der Waals surface area contributed by atoms with Gasteiger partial charge in [-0.3, -0.25) is 4.90 Å². The molecule has 1 aliphatic heterocycles. The van der Waals surface area contributed by atoms with Crippen molar-refractivity contribution in [3.63, 3.8) is 0 Å². The summed E-state index contributed by atoms with van der Waals surface area (Å²) in [5.41, 5.74) is 1.70. The quantitative estimate of drug-likeness (QED) is 0.626. The van der Waals surface area contributed by atoms with E-state index < -0.39 is 6.10 Å². The van der Waals surface area contributed by atoms with Crippen molar-refractivity contribution in [3.05, 3.63) is 64.1 Å². The predicted molar refractivity (Wildman–Crippen MR) is 116 cm³/mol. The van der Waals surface area contributed by atoms with Gasteiger partial charge in [-0.05, 0) is 43.7 Å². The first-order valence-electron chi connectivity index (χ1n) is 10.2. The lowest BCUT2D eigenvalue weighted by Crippen LogP contribution is -2.49. The number of benzene rings is 1. The highest BCUT2D eigenvalue weighted by molar-refractivity contribution is 5.82. The second kappa shape index (κ2) is 8.85. The monoisotopic (exact) mass is 409 g/mol. The first kappa shape index (κ1) is 20.4. The van der Waals surface area contributed by atoms with E-state index in [1.54, 1.807) is 13.0 Å². The van der Waals surface area contributed by atoms with E-state index in [9.17, 15) is 9.90 Å². The van der Waals surface area contributed by atoms with Crippen LogP contribution in [0.2, 0.25) is 0 Å². The van der Waals surface area contributed by atoms with Crippen molar-refractivity contribution in [3.8, 4) is 5.75 Å². The Labute approximate surface area is 175 Å². The number of hydrogen-bond acceptors (Lipinski definition) is 7. The highest BCUT2D eigenvalue weighted by Gasteiger charge is 2.20. The minimum atomic E-state index is -0.603. The number of aromatic nitrogens is 1. The number of ether oxygens (including phenoxy) is 1. The summed E-state index contributed by atoms with van der Waals surface area (Å²) >= 11 is 0. The van der Waals surface area contributed by atoms with Crippen LogP contribution in [0.15, 0.2) is 51.8 Å². The summed E-state index contributed by atoms with van der Waals surface area (Å²) < 4.78 is 11.1. The SMILES string of the molecule is Cc1c(C)c2ccc(OCC(O)CN3CCN(c4ccccn4)CC3)cc2oc1=O. The maximum Gasteiger partial charge on any atom is 0.339 e. The molecular formula is C23H27N3O4. The van der Waals surface area contributed by atoms with Crippen LogP contribution in [0, 0.1) is 13.8 Å². The zero-order valence-electron chi connectivity index (χ0n) is 17.4. The van der Waals surface area contributed by atoms with Crippen LogP contribution >= 0.6 is 0 Å². The second-order valence-electron chi connectivity index (χ2n) is 7.74. The summed E-state index contributed by atoms with van der Waals surface area (Å²) in [5, 5.41) is 11.3. The number of β-amino-alcohol motifs (C(OH)–C–C–N with tert-alkyl or cyclic N) is 1. The maximum atomic E-state index is 11.9.